The number of nitrogens with one attached hydrogen (secondary N) is 2. The smallest absolute Gasteiger partial charge is 0.138 e. The molecule has 4 heterocycles. The molecule has 0 saturated carbocycles. The lowest BCUT2D eigenvalue weighted by molar-refractivity contribution is 0.402. The zero-order chi connectivity index (χ0) is 23.9. The van der Waals surface area contributed by atoms with E-state index in [9.17, 15) is 4.39 Å². The zero-order valence-electron chi connectivity index (χ0n) is 19.4. The number of benzene rings is 2. The molecule has 0 aliphatic rings. The van der Waals surface area contributed by atoms with E-state index in [1.54, 1.807) is 18.3 Å². The number of aromatic nitrogens is 5. The zero-order valence-corrected chi connectivity index (χ0v) is 19.4. The lowest BCUT2D eigenvalue weighted by atomic mass is 10.0. The highest BCUT2D eigenvalue weighted by atomic mass is 19.1. The molecule has 0 saturated heterocycles. The first-order valence-corrected chi connectivity index (χ1v) is 11.4. The molecular weight excluding hydrogens is 439 g/mol. The minimum absolute atomic E-state index is 0.255. The minimum atomic E-state index is -0.255. The van der Waals surface area contributed by atoms with Gasteiger partial charge < -0.3 is 9.88 Å². The Kier molecular flexibility index (Phi) is 5.12. The summed E-state index contributed by atoms with van der Waals surface area (Å²) in [6.45, 7) is 0.832. The maximum atomic E-state index is 13.5. The van der Waals surface area contributed by atoms with Gasteiger partial charge in [0, 0.05) is 41.5 Å². The van der Waals surface area contributed by atoms with Crippen LogP contribution < -0.4 is 0 Å². The van der Waals surface area contributed by atoms with Crippen molar-refractivity contribution in [3.63, 3.8) is 0 Å². The summed E-state index contributed by atoms with van der Waals surface area (Å²) in [6, 6.07) is 19.0. The predicted molar refractivity (Wildman–Crippen MR) is 137 cm³/mol. The Bertz CT molecular complexity index is 1660. The third-order valence-electron chi connectivity index (χ3n) is 6.13. The Labute approximate surface area is 201 Å². The third kappa shape index (κ3) is 3.96. The van der Waals surface area contributed by atoms with Crippen molar-refractivity contribution in [3.05, 3.63) is 90.6 Å². The van der Waals surface area contributed by atoms with Gasteiger partial charge in [0.05, 0.1) is 11.2 Å². The van der Waals surface area contributed by atoms with Gasteiger partial charge in [-0.2, -0.15) is 5.10 Å². The molecule has 7 heteroatoms. The van der Waals surface area contributed by atoms with Crippen LogP contribution in [-0.2, 0) is 6.54 Å². The number of rotatable bonds is 5. The molecule has 0 aliphatic heterocycles. The summed E-state index contributed by atoms with van der Waals surface area (Å²) in [5.41, 5.74) is 8.62. The summed E-state index contributed by atoms with van der Waals surface area (Å²) in [4.78, 5) is 14.5. The maximum absolute atomic E-state index is 13.5. The average Bonchev–Trinajstić information content (AvgIpc) is 3.48. The molecular formula is C28H23FN6. The molecule has 0 unspecified atom stereocenters. The van der Waals surface area contributed by atoms with Crippen LogP contribution in [0.5, 0.6) is 0 Å². The normalized spacial score (nSPS) is 11.7. The van der Waals surface area contributed by atoms with Gasteiger partial charge in [0.25, 0.3) is 0 Å². The Morgan fingerprint density at radius 3 is 2.51 bits per heavy atom. The van der Waals surface area contributed by atoms with Gasteiger partial charge in [-0.1, -0.05) is 18.2 Å². The second-order valence-corrected chi connectivity index (χ2v) is 8.96. The number of hydrogen-bond acceptors (Lipinski definition) is 4. The van der Waals surface area contributed by atoms with E-state index in [0.29, 0.717) is 0 Å². The summed E-state index contributed by atoms with van der Waals surface area (Å²) in [5.74, 6) is -0.255. The van der Waals surface area contributed by atoms with Crippen molar-refractivity contribution in [2.45, 2.75) is 6.54 Å². The standard InChI is InChI=1S/C28H23FN6/c1-35(2)16-17-11-20(15-30-14-17)19-5-8-25-24(12-19)27(34-33-25)26-13-23-22(9-10-31-28(23)32-26)18-3-6-21(29)7-4-18/h3-15H,16H2,1-2H3,(H,31,32)(H,33,34). The minimum Gasteiger partial charge on any atom is -0.338 e. The number of hydrogen-bond donors (Lipinski definition) is 2. The fraction of sp³-hybridized carbons (Fsp3) is 0.107. The summed E-state index contributed by atoms with van der Waals surface area (Å²) < 4.78 is 13.5. The molecule has 0 atom stereocenters. The molecule has 0 amide bonds. The first-order valence-electron chi connectivity index (χ1n) is 11.4. The molecule has 2 N–H and O–H groups in total. The second kappa shape index (κ2) is 8.45. The monoisotopic (exact) mass is 462 g/mol. The number of fused-ring (bicyclic) bond motifs is 2. The van der Waals surface area contributed by atoms with Gasteiger partial charge >= 0.3 is 0 Å². The molecule has 6 aromatic rings. The molecule has 6 nitrogen and oxygen atoms in total. The van der Waals surface area contributed by atoms with E-state index < -0.39 is 0 Å². The Balaban J connectivity index is 1.44. The highest BCUT2D eigenvalue weighted by molar-refractivity contribution is 6.00. The molecule has 172 valence electrons. The molecule has 6 rings (SSSR count). The van der Waals surface area contributed by atoms with Crippen LogP contribution in [0.4, 0.5) is 4.39 Å². The van der Waals surface area contributed by atoms with Gasteiger partial charge in [-0.3, -0.25) is 10.1 Å². The molecule has 0 fully saturated rings. The van der Waals surface area contributed by atoms with Crippen molar-refractivity contribution in [2.24, 2.45) is 0 Å². The second-order valence-electron chi connectivity index (χ2n) is 8.96. The SMILES string of the molecule is CN(C)Cc1cncc(-c2ccc3[nH]nc(-c4cc5c(-c6ccc(F)cc6)ccnc5[nH]4)c3c2)c1. The van der Waals surface area contributed by atoms with Crippen LogP contribution in [-0.4, -0.2) is 44.1 Å². The molecule has 0 spiro atoms. The van der Waals surface area contributed by atoms with Crippen LogP contribution >= 0.6 is 0 Å². The fourth-order valence-corrected chi connectivity index (χ4v) is 4.53. The van der Waals surface area contributed by atoms with Gasteiger partial charge in [0.2, 0.25) is 0 Å². The van der Waals surface area contributed by atoms with Crippen LogP contribution in [0.2, 0.25) is 0 Å². The number of pyridine rings is 2. The molecule has 2 aromatic carbocycles. The van der Waals surface area contributed by atoms with Crippen LogP contribution in [0, 0.1) is 5.82 Å². The number of nitrogens with zero attached hydrogens (tertiary/aromatic N) is 4. The van der Waals surface area contributed by atoms with Crippen molar-refractivity contribution in [1.82, 2.24) is 30.0 Å². The average molecular weight is 463 g/mol. The van der Waals surface area contributed by atoms with Crippen molar-refractivity contribution in [2.75, 3.05) is 14.1 Å². The lowest BCUT2D eigenvalue weighted by Gasteiger charge is -2.10. The number of aromatic amines is 2. The number of H-pyrrole nitrogens is 2. The topological polar surface area (TPSA) is 73.5 Å². The van der Waals surface area contributed by atoms with Crippen molar-refractivity contribution in [3.8, 4) is 33.6 Å². The lowest BCUT2D eigenvalue weighted by Crippen LogP contribution is -2.10. The van der Waals surface area contributed by atoms with E-state index in [4.69, 9.17) is 0 Å². The summed E-state index contributed by atoms with van der Waals surface area (Å²) >= 11 is 0. The van der Waals surface area contributed by atoms with Gasteiger partial charge in [-0.15, -0.1) is 0 Å². The van der Waals surface area contributed by atoms with Crippen molar-refractivity contribution in [1.29, 1.82) is 0 Å². The number of halogens is 1. The third-order valence-corrected chi connectivity index (χ3v) is 6.13. The summed E-state index contributed by atoms with van der Waals surface area (Å²) in [5, 5.41) is 9.73. The van der Waals surface area contributed by atoms with Crippen LogP contribution in [0.1, 0.15) is 5.56 Å². The Morgan fingerprint density at radius 2 is 1.69 bits per heavy atom. The Hall–Kier alpha value is -4.36. The highest BCUT2D eigenvalue weighted by Gasteiger charge is 2.15. The van der Waals surface area contributed by atoms with E-state index in [0.717, 1.165) is 67.7 Å². The van der Waals surface area contributed by atoms with Crippen LogP contribution in [0.15, 0.2) is 79.3 Å². The quantitative estimate of drug-likeness (QED) is 0.328. The largest absolute Gasteiger partial charge is 0.338 e. The highest BCUT2D eigenvalue weighted by Crippen LogP contribution is 2.34. The molecule has 35 heavy (non-hydrogen) atoms. The maximum Gasteiger partial charge on any atom is 0.138 e. The molecule has 0 aliphatic carbocycles. The van der Waals surface area contributed by atoms with Crippen molar-refractivity contribution >= 4 is 21.9 Å². The van der Waals surface area contributed by atoms with Crippen LogP contribution in [0.25, 0.3) is 55.6 Å². The van der Waals surface area contributed by atoms with Gasteiger partial charge in [-0.25, -0.2) is 9.37 Å². The van der Waals surface area contributed by atoms with Gasteiger partial charge in [-0.05, 0) is 78.8 Å². The fourth-order valence-electron chi connectivity index (χ4n) is 4.53. The van der Waals surface area contributed by atoms with E-state index in [1.807, 2.05) is 38.6 Å². The van der Waals surface area contributed by atoms with Crippen LogP contribution in [0.3, 0.4) is 0 Å². The van der Waals surface area contributed by atoms with E-state index in [1.165, 1.54) is 12.1 Å². The molecule has 0 bridgehead atoms. The van der Waals surface area contributed by atoms with E-state index in [2.05, 4.69) is 54.3 Å². The van der Waals surface area contributed by atoms with E-state index in [-0.39, 0.29) is 5.82 Å². The predicted octanol–water partition coefficient (Wildman–Crippen LogP) is 6.04. The summed E-state index contributed by atoms with van der Waals surface area (Å²) in [6.07, 6.45) is 5.55. The van der Waals surface area contributed by atoms with E-state index >= 15 is 0 Å². The van der Waals surface area contributed by atoms with Gasteiger partial charge in [0.15, 0.2) is 0 Å². The van der Waals surface area contributed by atoms with Gasteiger partial charge in [0.1, 0.15) is 17.2 Å². The molecule has 0 radical (unpaired) electrons. The Morgan fingerprint density at radius 1 is 0.857 bits per heavy atom. The van der Waals surface area contributed by atoms with Crippen molar-refractivity contribution < 1.29 is 4.39 Å². The first-order chi connectivity index (χ1) is 17.0. The first kappa shape index (κ1) is 21.2. The summed E-state index contributed by atoms with van der Waals surface area (Å²) in [7, 11) is 4.10. The molecule has 4 aromatic heterocycles.